The molecule has 4 aliphatic rings. The minimum atomic E-state index is -0.926. The van der Waals surface area contributed by atoms with Crippen LogP contribution in [0.2, 0.25) is 0 Å². The van der Waals surface area contributed by atoms with Crippen LogP contribution in [0.4, 0.5) is 0 Å². The molecule has 1 N–H and O–H groups in total. The Labute approximate surface area is 216 Å². The molecule has 4 bridgehead atoms. The van der Waals surface area contributed by atoms with Crippen molar-refractivity contribution >= 4 is 25.4 Å². The Morgan fingerprint density at radius 3 is 2.46 bits per heavy atom. The molecular weight excluding hydrogens is 507 g/mol. The molecule has 0 amide bonds. The molecule has 0 saturated heterocycles. The molecule has 4 saturated carbocycles. The molecule has 1 aromatic rings. The standard InChI is InChI=1S/C29H38O5Se/c1-4-5-21(14-28(30)31)6-9-35-27-15-25(26(10-20(27)2)34-19-33-8-7-32-3)29-16-22-11-23(17-29)13-24(12-22)18-29/h10,14-15,22-24H,4-5,7-8,11-13,16-19H2,1-3H3,(H,30,31). The van der Waals surface area contributed by atoms with E-state index in [2.05, 4.69) is 29.8 Å². The van der Waals surface area contributed by atoms with Gasteiger partial charge in [0.15, 0.2) is 0 Å². The number of allylic oxidation sites excluding steroid dienone is 1. The summed E-state index contributed by atoms with van der Waals surface area (Å²) >= 11 is -0.0556. The molecule has 0 spiro atoms. The summed E-state index contributed by atoms with van der Waals surface area (Å²) in [6.07, 6.45) is 10.8. The van der Waals surface area contributed by atoms with Gasteiger partial charge in [-0.25, -0.2) is 0 Å². The molecule has 0 radical (unpaired) electrons. The van der Waals surface area contributed by atoms with E-state index in [-0.39, 0.29) is 27.2 Å². The first-order valence-corrected chi connectivity index (χ1v) is 14.6. The van der Waals surface area contributed by atoms with Crippen molar-refractivity contribution in [3.05, 3.63) is 34.9 Å². The van der Waals surface area contributed by atoms with Crippen LogP contribution < -0.4 is 9.20 Å². The van der Waals surface area contributed by atoms with Crippen LogP contribution in [0.25, 0.3) is 0 Å². The number of aliphatic carboxylic acids is 1. The number of rotatable bonds is 11. The summed E-state index contributed by atoms with van der Waals surface area (Å²) in [5, 5.41) is 9.14. The minimum absolute atomic E-state index is 0.0556. The van der Waals surface area contributed by atoms with Gasteiger partial charge >= 0.3 is 216 Å². The van der Waals surface area contributed by atoms with Gasteiger partial charge in [0.05, 0.1) is 0 Å². The van der Waals surface area contributed by atoms with Gasteiger partial charge in [0.25, 0.3) is 0 Å². The maximum absolute atomic E-state index is 11.1. The van der Waals surface area contributed by atoms with E-state index in [1.54, 1.807) is 7.11 Å². The predicted molar refractivity (Wildman–Crippen MR) is 138 cm³/mol. The van der Waals surface area contributed by atoms with Crippen LogP contribution in [0.3, 0.4) is 0 Å². The van der Waals surface area contributed by atoms with Crippen molar-refractivity contribution in [2.75, 3.05) is 27.1 Å². The molecule has 4 aliphatic carbocycles. The summed E-state index contributed by atoms with van der Waals surface area (Å²) in [5.74, 6) is 5.73. The molecule has 0 aromatic heterocycles. The second kappa shape index (κ2) is 12.0. The Morgan fingerprint density at radius 2 is 1.86 bits per heavy atom. The van der Waals surface area contributed by atoms with Crippen LogP contribution in [0.5, 0.6) is 5.75 Å². The Morgan fingerprint density at radius 1 is 1.17 bits per heavy atom. The predicted octanol–water partition coefficient (Wildman–Crippen LogP) is 4.56. The average Bonchev–Trinajstić information content (AvgIpc) is 2.79. The molecule has 0 unspecified atom stereocenters. The zero-order chi connectivity index (χ0) is 24.8. The molecule has 4 fully saturated rings. The number of carboxylic acids is 1. The normalized spacial score (nSPS) is 26.9. The molecule has 5 nitrogen and oxygen atoms in total. The van der Waals surface area contributed by atoms with E-state index in [1.807, 2.05) is 6.92 Å². The molecule has 0 aliphatic heterocycles. The van der Waals surface area contributed by atoms with Crippen LogP contribution >= 0.6 is 0 Å². The van der Waals surface area contributed by atoms with Crippen LogP contribution in [-0.2, 0) is 19.7 Å². The number of carboxylic acid groups (broad SMARTS) is 1. The first-order chi connectivity index (χ1) is 16.9. The molecule has 0 heterocycles. The quantitative estimate of drug-likeness (QED) is 0.145. The first-order valence-electron chi connectivity index (χ1n) is 12.9. The zero-order valence-corrected chi connectivity index (χ0v) is 22.9. The van der Waals surface area contributed by atoms with Gasteiger partial charge in [-0.15, -0.1) is 0 Å². The third-order valence-corrected chi connectivity index (χ3v) is 9.62. The fraction of sp³-hybridized carbons (Fsp3) is 0.621. The van der Waals surface area contributed by atoms with E-state index in [0.29, 0.717) is 25.2 Å². The van der Waals surface area contributed by atoms with Crippen LogP contribution in [-0.4, -0.2) is 53.1 Å². The SMILES string of the molecule is CCCC(C#C[Se]c1cc(C23CC4CC(CC(C4)C2)C3)c(OCOCCOC)cc1C)=CC(=O)O. The molecule has 0 atom stereocenters. The fourth-order valence-electron chi connectivity index (χ4n) is 6.79. The Hall–Kier alpha value is -1.77. The Kier molecular flexibility index (Phi) is 9.00. The third kappa shape index (κ3) is 6.52. The summed E-state index contributed by atoms with van der Waals surface area (Å²) in [7, 11) is 1.67. The average molecular weight is 546 g/mol. The number of hydrogen-bond donors (Lipinski definition) is 1. The summed E-state index contributed by atoms with van der Waals surface area (Å²) in [6, 6.07) is 4.56. The van der Waals surface area contributed by atoms with Crippen molar-refractivity contribution in [1.82, 2.24) is 0 Å². The monoisotopic (exact) mass is 546 g/mol. The summed E-state index contributed by atoms with van der Waals surface area (Å²) in [5.41, 5.74) is 3.44. The second-order valence-electron chi connectivity index (χ2n) is 10.6. The van der Waals surface area contributed by atoms with Crippen molar-refractivity contribution in [2.24, 2.45) is 17.8 Å². The van der Waals surface area contributed by atoms with E-state index in [4.69, 9.17) is 19.3 Å². The van der Waals surface area contributed by atoms with Crippen molar-refractivity contribution in [3.63, 3.8) is 0 Å². The number of hydrogen-bond acceptors (Lipinski definition) is 4. The molecule has 6 heteroatoms. The van der Waals surface area contributed by atoms with Gasteiger partial charge in [0.2, 0.25) is 0 Å². The van der Waals surface area contributed by atoms with Crippen LogP contribution in [0, 0.1) is 35.4 Å². The summed E-state index contributed by atoms with van der Waals surface area (Å²) in [6.45, 7) is 5.47. The molecule has 5 rings (SSSR count). The van der Waals surface area contributed by atoms with Crippen molar-refractivity contribution in [3.8, 4) is 16.5 Å². The number of benzene rings is 1. The van der Waals surface area contributed by atoms with Gasteiger partial charge < -0.3 is 0 Å². The van der Waals surface area contributed by atoms with Gasteiger partial charge in [0, 0.05) is 0 Å². The zero-order valence-electron chi connectivity index (χ0n) is 21.2. The van der Waals surface area contributed by atoms with Gasteiger partial charge in [-0.05, 0) is 0 Å². The second-order valence-corrected chi connectivity index (χ2v) is 12.3. The van der Waals surface area contributed by atoms with Gasteiger partial charge in [-0.3, -0.25) is 0 Å². The number of ether oxygens (including phenoxy) is 3. The summed E-state index contributed by atoms with van der Waals surface area (Å²) in [4.78, 5) is 14.5. The molecule has 35 heavy (non-hydrogen) atoms. The summed E-state index contributed by atoms with van der Waals surface area (Å²) < 4.78 is 18.2. The third-order valence-electron chi connectivity index (χ3n) is 7.81. The van der Waals surface area contributed by atoms with E-state index in [9.17, 15) is 4.79 Å². The van der Waals surface area contributed by atoms with Crippen molar-refractivity contribution < 1.29 is 24.1 Å². The van der Waals surface area contributed by atoms with Gasteiger partial charge in [-0.2, -0.15) is 0 Å². The van der Waals surface area contributed by atoms with Gasteiger partial charge in [-0.1, -0.05) is 0 Å². The van der Waals surface area contributed by atoms with E-state index in [1.165, 1.54) is 60.2 Å². The Bertz CT molecular complexity index is 967. The maximum atomic E-state index is 11.1. The van der Waals surface area contributed by atoms with E-state index >= 15 is 0 Å². The number of aryl methyl sites for hydroxylation is 1. The van der Waals surface area contributed by atoms with E-state index in [0.717, 1.165) is 29.9 Å². The van der Waals surface area contributed by atoms with Crippen LogP contribution in [0.1, 0.15) is 69.4 Å². The van der Waals surface area contributed by atoms with Crippen molar-refractivity contribution in [1.29, 1.82) is 0 Å². The molecular formula is C29H38O5Se. The molecule has 190 valence electrons. The van der Waals surface area contributed by atoms with E-state index < -0.39 is 5.97 Å². The molecule has 1 aromatic carbocycles. The van der Waals surface area contributed by atoms with Gasteiger partial charge in [0.1, 0.15) is 0 Å². The number of methoxy groups -OCH3 is 1. The first kappa shape index (κ1) is 26.3. The van der Waals surface area contributed by atoms with Crippen LogP contribution in [0.15, 0.2) is 23.8 Å². The number of carbonyl (C=O) groups is 1. The fourth-order valence-corrected chi connectivity index (χ4v) is 8.23. The van der Waals surface area contributed by atoms with Crippen molar-refractivity contribution in [2.45, 2.75) is 70.6 Å². The Balaban J connectivity index is 1.61. The topological polar surface area (TPSA) is 65.0 Å².